The van der Waals surface area contributed by atoms with Crippen molar-refractivity contribution in [1.82, 2.24) is 5.32 Å². The molecule has 0 spiro atoms. The number of amides is 1. The first kappa shape index (κ1) is 10.2. The Morgan fingerprint density at radius 1 is 1.33 bits per heavy atom. The van der Waals surface area contributed by atoms with Gasteiger partial charge in [0.15, 0.2) is 0 Å². The van der Waals surface area contributed by atoms with E-state index >= 15 is 0 Å². The fraction of sp³-hybridized carbons (Fsp3) is 0.462. The number of carbonyl (C=O) groups excluding carboxylic acids is 1. The van der Waals surface area contributed by atoms with Crippen LogP contribution in [0.1, 0.15) is 18.9 Å². The molecular weight excluding hydrogens is 186 g/mol. The lowest BCUT2D eigenvalue weighted by Crippen LogP contribution is -2.41. The summed E-state index contributed by atoms with van der Waals surface area (Å²) in [5.74, 6) is 0.979. The van der Waals surface area contributed by atoms with Gasteiger partial charge in [0.1, 0.15) is 0 Å². The summed E-state index contributed by atoms with van der Waals surface area (Å²) in [5.41, 5.74) is 1.37. The molecule has 1 aliphatic heterocycles. The Morgan fingerprint density at radius 3 is 2.73 bits per heavy atom. The average molecular weight is 203 g/mol. The van der Waals surface area contributed by atoms with E-state index in [1.807, 2.05) is 13.0 Å². The summed E-state index contributed by atoms with van der Waals surface area (Å²) >= 11 is 0. The summed E-state index contributed by atoms with van der Waals surface area (Å²) in [6.45, 7) is 2.84. The molecule has 0 radical (unpaired) electrons. The van der Waals surface area contributed by atoms with Crippen LogP contribution in [0.15, 0.2) is 30.3 Å². The topological polar surface area (TPSA) is 29.1 Å². The van der Waals surface area contributed by atoms with Crippen LogP contribution in [-0.2, 0) is 11.2 Å². The molecule has 0 aliphatic carbocycles. The normalized spacial score (nSPS) is 26.1. The van der Waals surface area contributed by atoms with E-state index in [1.54, 1.807) is 0 Å². The molecule has 0 saturated carbocycles. The second-order valence-corrected chi connectivity index (χ2v) is 4.44. The molecule has 1 aromatic carbocycles. The van der Waals surface area contributed by atoms with Gasteiger partial charge in [-0.2, -0.15) is 0 Å². The first-order valence-corrected chi connectivity index (χ1v) is 5.57. The van der Waals surface area contributed by atoms with Crippen LogP contribution in [-0.4, -0.2) is 12.5 Å². The molecule has 80 valence electrons. The van der Waals surface area contributed by atoms with E-state index in [0.717, 1.165) is 19.4 Å². The van der Waals surface area contributed by atoms with Crippen molar-refractivity contribution in [2.75, 3.05) is 6.54 Å². The van der Waals surface area contributed by atoms with E-state index in [2.05, 4.69) is 29.6 Å². The van der Waals surface area contributed by atoms with Crippen molar-refractivity contribution in [3.63, 3.8) is 0 Å². The number of nitrogens with one attached hydrogen (secondary N) is 1. The van der Waals surface area contributed by atoms with Gasteiger partial charge in [-0.1, -0.05) is 37.3 Å². The van der Waals surface area contributed by atoms with Crippen molar-refractivity contribution in [1.29, 1.82) is 0 Å². The molecule has 2 atom stereocenters. The number of hydrogen-bond acceptors (Lipinski definition) is 1. The van der Waals surface area contributed by atoms with Gasteiger partial charge in [-0.05, 0) is 24.3 Å². The molecule has 1 heterocycles. The summed E-state index contributed by atoms with van der Waals surface area (Å²) in [4.78, 5) is 11.3. The minimum Gasteiger partial charge on any atom is -0.356 e. The quantitative estimate of drug-likeness (QED) is 0.782. The van der Waals surface area contributed by atoms with E-state index in [1.165, 1.54) is 5.56 Å². The maximum absolute atomic E-state index is 11.3. The van der Waals surface area contributed by atoms with Gasteiger partial charge in [-0.15, -0.1) is 0 Å². The van der Waals surface area contributed by atoms with Crippen LogP contribution < -0.4 is 5.32 Å². The van der Waals surface area contributed by atoms with Gasteiger partial charge in [-0.25, -0.2) is 0 Å². The zero-order chi connectivity index (χ0) is 10.7. The van der Waals surface area contributed by atoms with Crippen LogP contribution in [0.2, 0.25) is 0 Å². The van der Waals surface area contributed by atoms with E-state index in [9.17, 15) is 4.79 Å². The van der Waals surface area contributed by atoms with E-state index in [-0.39, 0.29) is 11.8 Å². The molecule has 0 unspecified atom stereocenters. The molecular formula is C13H17NO. The molecule has 1 fully saturated rings. The van der Waals surface area contributed by atoms with Gasteiger partial charge in [0, 0.05) is 12.5 Å². The van der Waals surface area contributed by atoms with Crippen LogP contribution >= 0.6 is 0 Å². The molecule has 2 nitrogen and oxygen atoms in total. The van der Waals surface area contributed by atoms with Gasteiger partial charge < -0.3 is 5.32 Å². The molecule has 1 amide bonds. The van der Waals surface area contributed by atoms with Crippen LogP contribution in [0, 0.1) is 11.8 Å². The number of piperidine rings is 1. The van der Waals surface area contributed by atoms with Crippen molar-refractivity contribution < 1.29 is 4.79 Å². The molecule has 2 heteroatoms. The van der Waals surface area contributed by atoms with E-state index in [4.69, 9.17) is 0 Å². The lowest BCUT2D eigenvalue weighted by atomic mass is 9.87. The van der Waals surface area contributed by atoms with Crippen molar-refractivity contribution in [2.24, 2.45) is 11.8 Å². The smallest absolute Gasteiger partial charge is 0.222 e. The average Bonchev–Trinajstić information content (AvgIpc) is 2.25. The monoisotopic (exact) mass is 203 g/mol. The molecule has 0 aromatic heterocycles. The van der Waals surface area contributed by atoms with Crippen LogP contribution in [0.5, 0.6) is 0 Å². The molecule has 0 bridgehead atoms. The second kappa shape index (κ2) is 4.47. The van der Waals surface area contributed by atoms with Gasteiger partial charge in [0.2, 0.25) is 5.91 Å². The van der Waals surface area contributed by atoms with E-state index < -0.39 is 0 Å². The Hall–Kier alpha value is -1.31. The maximum atomic E-state index is 11.3. The second-order valence-electron chi connectivity index (χ2n) is 4.44. The highest BCUT2D eigenvalue weighted by Crippen LogP contribution is 2.20. The molecule has 1 aromatic rings. The fourth-order valence-electron chi connectivity index (χ4n) is 2.21. The Morgan fingerprint density at radius 2 is 2.07 bits per heavy atom. The highest BCUT2D eigenvalue weighted by Gasteiger charge is 2.24. The third-order valence-corrected chi connectivity index (χ3v) is 3.07. The predicted molar refractivity (Wildman–Crippen MR) is 60.4 cm³/mol. The van der Waals surface area contributed by atoms with Crippen LogP contribution in [0.25, 0.3) is 0 Å². The number of benzene rings is 1. The number of carbonyl (C=O) groups is 1. The molecule has 2 rings (SSSR count). The zero-order valence-electron chi connectivity index (χ0n) is 9.07. The summed E-state index contributed by atoms with van der Waals surface area (Å²) in [7, 11) is 0. The third kappa shape index (κ3) is 2.58. The van der Waals surface area contributed by atoms with Crippen molar-refractivity contribution in [2.45, 2.75) is 19.8 Å². The Balaban J connectivity index is 1.94. The van der Waals surface area contributed by atoms with Crippen molar-refractivity contribution in [3.05, 3.63) is 35.9 Å². The van der Waals surface area contributed by atoms with Crippen LogP contribution in [0.4, 0.5) is 0 Å². The SMILES string of the molecule is C[C@H]1C[C@H](Cc2ccccc2)CNC1=O. The first-order chi connectivity index (χ1) is 7.25. The van der Waals surface area contributed by atoms with Crippen LogP contribution in [0.3, 0.4) is 0 Å². The third-order valence-electron chi connectivity index (χ3n) is 3.07. The largest absolute Gasteiger partial charge is 0.356 e. The number of hydrogen-bond donors (Lipinski definition) is 1. The summed E-state index contributed by atoms with van der Waals surface area (Å²) in [5, 5.41) is 2.96. The molecule has 15 heavy (non-hydrogen) atoms. The standard InChI is InChI=1S/C13H17NO/c1-10-7-12(9-14-13(10)15)8-11-5-3-2-4-6-11/h2-6,10,12H,7-9H2,1H3,(H,14,15)/t10-,12+/m0/s1. The summed E-state index contributed by atoms with van der Waals surface area (Å²) in [6.07, 6.45) is 2.09. The summed E-state index contributed by atoms with van der Waals surface area (Å²) in [6, 6.07) is 10.5. The Bertz CT molecular complexity index is 334. The van der Waals surface area contributed by atoms with Crippen molar-refractivity contribution in [3.8, 4) is 0 Å². The van der Waals surface area contributed by atoms with Gasteiger partial charge in [0.05, 0.1) is 0 Å². The van der Waals surface area contributed by atoms with Gasteiger partial charge >= 0.3 is 0 Å². The van der Waals surface area contributed by atoms with Gasteiger partial charge in [0.25, 0.3) is 0 Å². The fourth-order valence-corrected chi connectivity index (χ4v) is 2.21. The lowest BCUT2D eigenvalue weighted by molar-refractivity contribution is -0.127. The minimum absolute atomic E-state index is 0.174. The number of rotatable bonds is 2. The highest BCUT2D eigenvalue weighted by molar-refractivity contribution is 5.78. The molecule has 1 aliphatic rings. The minimum atomic E-state index is 0.174. The Kier molecular flexibility index (Phi) is 3.05. The van der Waals surface area contributed by atoms with Crippen molar-refractivity contribution >= 4 is 5.91 Å². The summed E-state index contributed by atoms with van der Waals surface area (Å²) < 4.78 is 0. The molecule has 1 saturated heterocycles. The Labute approximate surface area is 90.7 Å². The lowest BCUT2D eigenvalue weighted by Gasteiger charge is -2.27. The highest BCUT2D eigenvalue weighted by atomic mass is 16.1. The van der Waals surface area contributed by atoms with E-state index in [0.29, 0.717) is 5.92 Å². The first-order valence-electron chi connectivity index (χ1n) is 5.57. The maximum Gasteiger partial charge on any atom is 0.222 e. The van der Waals surface area contributed by atoms with Gasteiger partial charge in [-0.3, -0.25) is 4.79 Å². The zero-order valence-corrected chi connectivity index (χ0v) is 9.07. The molecule has 1 N–H and O–H groups in total. The predicted octanol–water partition coefficient (Wildman–Crippen LogP) is 2.00.